The number of pyridine rings is 1. The number of carbonyl (C=O) groups is 2. The number of amides is 1. The summed E-state index contributed by atoms with van der Waals surface area (Å²) in [5.41, 5.74) is 2.52. The van der Waals surface area contributed by atoms with Crippen LogP contribution >= 0.6 is 0 Å². The monoisotopic (exact) mass is 667 g/mol. The molecule has 0 spiro atoms. The maximum absolute atomic E-state index is 13.8. The van der Waals surface area contributed by atoms with Crippen LogP contribution in [0.4, 0.5) is 13.2 Å². The third-order valence-corrected chi connectivity index (χ3v) is 9.77. The van der Waals surface area contributed by atoms with E-state index in [-0.39, 0.29) is 35.0 Å². The summed E-state index contributed by atoms with van der Waals surface area (Å²) in [6, 6.07) is 9.27. The van der Waals surface area contributed by atoms with Crippen molar-refractivity contribution in [1.82, 2.24) is 24.1 Å². The number of carboxylic acids is 1. The van der Waals surface area contributed by atoms with Crippen molar-refractivity contribution in [2.24, 2.45) is 0 Å². The zero-order valence-corrected chi connectivity index (χ0v) is 26.5. The van der Waals surface area contributed by atoms with E-state index in [9.17, 15) is 26.4 Å². The highest BCUT2D eigenvalue weighted by Crippen LogP contribution is 2.36. The number of piperazine rings is 1. The Bertz CT molecular complexity index is 1600. The van der Waals surface area contributed by atoms with Crippen LogP contribution in [0, 0.1) is 13.8 Å². The van der Waals surface area contributed by atoms with Crippen molar-refractivity contribution >= 4 is 21.9 Å². The van der Waals surface area contributed by atoms with Gasteiger partial charge in [-0.25, -0.2) is 18.2 Å². The summed E-state index contributed by atoms with van der Waals surface area (Å²) in [5.74, 6) is -2.12. The van der Waals surface area contributed by atoms with Crippen LogP contribution in [0.5, 0.6) is 5.75 Å². The highest BCUT2D eigenvalue weighted by Gasteiger charge is 2.41. The molecule has 0 atom stereocenters. The van der Waals surface area contributed by atoms with Crippen molar-refractivity contribution < 1.29 is 45.4 Å². The number of hydrogen-bond donors (Lipinski definition) is 1. The number of hydrogen-bond acceptors (Lipinski definition) is 9. The summed E-state index contributed by atoms with van der Waals surface area (Å²) in [6.45, 7) is 7.17. The Morgan fingerprint density at radius 3 is 2.26 bits per heavy atom. The first-order valence-corrected chi connectivity index (χ1v) is 16.0. The summed E-state index contributed by atoms with van der Waals surface area (Å²) in [4.78, 5) is 35.2. The fraction of sp³-hybridized carbons (Fsp3) is 0.467. The van der Waals surface area contributed by atoms with Crippen LogP contribution in [0.15, 0.2) is 52.1 Å². The van der Waals surface area contributed by atoms with Crippen LogP contribution in [0.25, 0.3) is 0 Å². The Morgan fingerprint density at radius 2 is 1.74 bits per heavy atom. The van der Waals surface area contributed by atoms with Crippen LogP contribution in [-0.2, 0) is 27.8 Å². The smallest absolute Gasteiger partial charge is 0.490 e. The van der Waals surface area contributed by atoms with Gasteiger partial charge in [0.25, 0.3) is 5.91 Å². The van der Waals surface area contributed by atoms with Crippen LogP contribution in [0.1, 0.15) is 46.0 Å². The van der Waals surface area contributed by atoms with Crippen molar-refractivity contribution in [1.29, 1.82) is 0 Å². The number of aliphatic carboxylic acids is 1. The molecule has 0 radical (unpaired) electrons. The molecule has 2 aliphatic rings. The summed E-state index contributed by atoms with van der Waals surface area (Å²) in [5, 5.41) is 7.12. The van der Waals surface area contributed by atoms with Crippen molar-refractivity contribution in [3.8, 4) is 5.75 Å². The molecule has 1 saturated heterocycles. The molecule has 16 heteroatoms. The van der Waals surface area contributed by atoms with E-state index in [1.807, 2.05) is 18.2 Å². The summed E-state index contributed by atoms with van der Waals surface area (Å²) >= 11 is 0. The molecule has 46 heavy (non-hydrogen) atoms. The van der Waals surface area contributed by atoms with Gasteiger partial charge in [-0.05, 0) is 62.1 Å². The summed E-state index contributed by atoms with van der Waals surface area (Å²) in [6.07, 6.45) is 0.498. The molecule has 2 aromatic heterocycles. The fourth-order valence-electron chi connectivity index (χ4n) is 5.10. The zero-order chi connectivity index (χ0) is 33.6. The highest BCUT2D eigenvalue weighted by atomic mass is 32.2. The molecule has 0 bridgehead atoms. The number of aryl methyl sites for hydroxylation is 2. The number of carboxylic acid groups (broad SMARTS) is 1. The van der Waals surface area contributed by atoms with Gasteiger partial charge in [0.15, 0.2) is 5.69 Å². The number of oxazole rings is 1. The number of methoxy groups -OCH3 is 1. The van der Waals surface area contributed by atoms with Gasteiger partial charge in [0.05, 0.1) is 18.6 Å². The van der Waals surface area contributed by atoms with E-state index >= 15 is 0 Å². The number of ether oxygens (including phenoxy) is 1. The molecule has 3 heterocycles. The first-order valence-electron chi connectivity index (χ1n) is 14.5. The second-order valence-electron chi connectivity index (χ2n) is 11.0. The number of sulfonamides is 1. The molecule has 12 nitrogen and oxygen atoms in total. The second-order valence-corrected chi connectivity index (χ2v) is 12.8. The van der Waals surface area contributed by atoms with Crippen molar-refractivity contribution in [3.05, 3.63) is 71.2 Å². The van der Waals surface area contributed by atoms with Gasteiger partial charge in [0.2, 0.25) is 15.9 Å². The molecule has 250 valence electrons. The minimum absolute atomic E-state index is 0.0213. The Kier molecular flexibility index (Phi) is 11.1. The minimum Gasteiger partial charge on any atom is -0.497 e. The van der Waals surface area contributed by atoms with Crippen LogP contribution in [0.3, 0.4) is 0 Å². The third kappa shape index (κ3) is 8.82. The van der Waals surface area contributed by atoms with Gasteiger partial charge >= 0.3 is 12.1 Å². The molecule has 1 aromatic carbocycles. The number of alkyl halides is 3. The van der Waals surface area contributed by atoms with Crippen molar-refractivity contribution in [2.75, 3.05) is 39.8 Å². The zero-order valence-electron chi connectivity index (χ0n) is 25.7. The SMILES string of the molecule is COc1cc(C)c(S(=O)(=O)N(Cc2nc(C(=O)N3CCN(CCc4ccccn4)CC3)co2)C2CC2)c(C)c1.O=C(O)C(F)(F)F. The molecule has 1 aliphatic heterocycles. The average molecular weight is 668 g/mol. The van der Waals surface area contributed by atoms with Gasteiger partial charge in [-0.2, -0.15) is 17.5 Å². The molecule has 3 aromatic rings. The van der Waals surface area contributed by atoms with Gasteiger partial charge in [-0.1, -0.05) is 6.07 Å². The fourth-order valence-corrected chi connectivity index (χ4v) is 7.15. The lowest BCUT2D eigenvalue weighted by molar-refractivity contribution is -0.192. The van der Waals surface area contributed by atoms with Crippen LogP contribution < -0.4 is 4.74 Å². The quantitative estimate of drug-likeness (QED) is 0.340. The average Bonchev–Trinajstić information content (AvgIpc) is 3.74. The predicted molar refractivity (Wildman–Crippen MR) is 159 cm³/mol. The van der Waals surface area contributed by atoms with E-state index in [0.717, 1.165) is 44.6 Å². The number of aromatic nitrogens is 2. The first kappa shape index (κ1) is 34.8. The molecular formula is C30H36F3N5O7S. The van der Waals surface area contributed by atoms with Crippen molar-refractivity contribution in [3.63, 3.8) is 0 Å². The number of carbonyl (C=O) groups excluding carboxylic acids is 1. The van der Waals surface area contributed by atoms with Gasteiger partial charge in [0, 0.05) is 57.1 Å². The molecule has 1 aliphatic carbocycles. The van der Waals surface area contributed by atoms with E-state index < -0.39 is 22.2 Å². The lowest BCUT2D eigenvalue weighted by atomic mass is 10.1. The number of nitrogens with zero attached hydrogens (tertiary/aromatic N) is 5. The Balaban J connectivity index is 0.000000617. The lowest BCUT2D eigenvalue weighted by Crippen LogP contribution is -2.49. The normalized spacial score (nSPS) is 15.8. The van der Waals surface area contributed by atoms with Gasteiger partial charge in [0.1, 0.15) is 12.0 Å². The second kappa shape index (κ2) is 14.6. The lowest BCUT2D eigenvalue weighted by Gasteiger charge is -2.34. The molecule has 1 saturated carbocycles. The first-order chi connectivity index (χ1) is 21.7. The van der Waals surface area contributed by atoms with Crippen LogP contribution in [-0.4, -0.2) is 102 Å². The molecule has 1 amide bonds. The van der Waals surface area contributed by atoms with E-state index in [0.29, 0.717) is 30.0 Å². The molecule has 1 N–H and O–H groups in total. The maximum atomic E-state index is 13.8. The summed E-state index contributed by atoms with van der Waals surface area (Å²) < 4.78 is 71.6. The van der Waals surface area contributed by atoms with E-state index in [2.05, 4.69) is 14.9 Å². The Hall–Kier alpha value is -4.02. The molecule has 0 unspecified atom stereocenters. The largest absolute Gasteiger partial charge is 0.497 e. The standard InChI is InChI=1S/C28H35N5O5S.C2HF3O2/c1-20-16-24(37-3)17-21(2)27(20)39(35,36)33(23-7-8-23)18-26-30-25(19-38-26)28(34)32-14-12-31(13-15-32)11-9-22-6-4-5-10-29-22;3-2(4,5)1(6)7/h4-6,10,16-17,19,23H,7-9,11-15,18H2,1-3H3;(H,6,7). The maximum Gasteiger partial charge on any atom is 0.490 e. The van der Waals surface area contributed by atoms with Gasteiger partial charge in [-0.3, -0.25) is 14.7 Å². The minimum atomic E-state index is -5.08. The van der Waals surface area contributed by atoms with Crippen molar-refractivity contribution in [2.45, 2.75) is 56.8 Å². The predicted octanol–water partition coefficient (Wildman–Crippen LogP) is 3.68. The highest BCUT2D eigenvalue weighted by molar-refractivity contribution is 7.89. The Morgan fingerprint density at radius 1 is 1.11 bits per heavy atom. The van der Waals surface area contributed by atoms with E-state index in [1.165, 1.54) is 10.6 Å². The van der Waals surface area contributed by atoms with Crippen LogP contribution in [0.2, 0.25) is 0 Å². The van der Waals surface area contributed by atoms with Gasteiger partial charge in [-0.15, -0.1) is 0 Å². The summed E-state index contributed by atoms with van der Waals surface area (Å²) in [7, 11) is -2.25. The van der Waals surface area contributed by atoms with Gasteiger partial charge < -0.3 is 19.2 Å². The number of rotatable bonds is 10. The molecule has 2 fully saturated rings. The molecular weight excluding hydrogens is 631 g/mol. The van der Waals surface area contributed by atoms with E-state index in [1.54, 1.807) is 44.2 Å². The third-order valence-electron chi connectivity index (χ3n) is 7.56. The Labute approximate surface area is 264 Å². The number of benzene rings is 1. The number of halogens is 3. The molecule has 5 rings (SSSR count). The topological polar surface area (TPSA) is 146 Å². The van der Waals surface area contributed by atoms with E-state index in [4.69, 9.17) is 19.1 Å².